The van der Waals surface area contributed by atoms with Crippen LogP contribution in [0, 0.1) is 0 Å². The van der Waals surface area contributed by atoms with Gasteiger partial charge >= 0.3 is 12.1 Å². The maximum Gasteiger partial charge on any atom is 0.404 e. The minimum atomic E-state index is -3.05. The predicted octanol–water partition coefficient (Wildman–Crippen LogP) is 0.0986. The Morgan fingerprint density at radius 3 is 2.93 bits per heavy atom. The lowest BCUT2D eigenvalue weighted by Crippen LogP contribution is -2.80. The van der Waals surface area contributed by atoms with E-state index in [9.17, 15) is 24.3 Å². The van der Waals surface area contributed by atoms with Crippen LogP contribution >= 0.6 is 23.1 Å². The van der Waals surface area contributed by atoms with Crippen molar-refractivity contribution < 1.29 is 37.9 Å². The summed E-state index contributed by atoms with van der Waals surface area (Å²) in [5.41, 5.74) is 2.24. The molecule has 0 radical (unpaired) electrons. The first-order chi connectivity index (χ1) is 14.4. The number of rotatable bonds is 7. The largest absolute Gasteiger partial charge is 0.477 e. The van der Waals surface area contributed by atoms with Crippen molar-refractivity contribution in [2.75, 3.05) is 19.4 Å². The summed E-state index contributed by atoms with van der Waals surface area (Å²) in [6, 6.07) is 3.43. The third-order valence-electron chi connectivity index (χ3n) is 4.10. The fraction of sp³-hybridized carbons (Fsp3) is 0.375. The van der Waals surface area contributed by atoms with Gasteiger partial charge in [-0.25, -0.2) is 9.59 Å². The summed E-state index contributed by atoms with van der Waals surface area (Å²) in [4.78, 5) is 49.7. The zero-order valence-corrected chi connectivity index (χ0v) is 15.8. The number of primary amides is 1. The van der Waals surface area contributed by atoms with E-state index in [0.717, 1.165) is 16.7 Å². The predicted molar refractivity (Wildman–Crippen MR) is 99.2 cm³/mol. The monoisotopic (exact) mass is 431 g/mol. The zero-order chi connectivity index (χ0) is 23.0. The van der Waals surface area contributed by atoms with E-state index in [1.165, 1.54) is 11.3 Å². The molecule has 0 spiro atoms. The van der Waals surface area contributed by atoms with Crippen molar-refractivity contribution in [3.8, 4) is 0 Å². The Balaban J connectivity index is 1.90. The van der Waals surface area contributed by atoms with Crippen molar-refractivity contribution in [2.45, 2.75) is 17.5 Å². The summed E-state index contributed by atoms with van der Waals surface area (Å²) in [6.45, 7) is -0.460. The molecule has 0 bridgehead atoms. The molecule has 1 aromatic heterocycles. The van der Waals surface area contributed by atoms with Crippen molar-refractivity contribution in [3.63, 3.8) is 0 Å². The normalized spacial score (nSPS) is 25.7. The highest BCUT2D eigenvalue weighted by molar-refractivity contribution is 8.00. The Bertz CT molecular complexity index is 951. The SMILES string of the molecule is [2H][13C]([2H])([2H])O[C@@]1(NC(=O)Cc2cccs2)C(=O)N2C(C(=O)O)=C(COC(N)=O)CS[C@@H]21. The Labute approximate surface area is 171 Å². The number of carboxylic acid groups (broad SMARTS) is 1. The summed E-state index contributed by atoms with van der Waals surface area (Å²) in [5.74, 6) is -3.25. The van der Waals surface area contributed by atoms with E-state index in [2.05, 4.69) is 10.1 Å². The van der Waals surface area contributed by atoms with Crippen molar-refractivity contribution >= 4 is 47.0 Å². The van der Waals surface area contributed by atoms with Gasteiger partial charge in [-0.15, -0.1) is 23.1 Å². The van der Waals surface area contributed by atoms with Crippen LogP contribution in [0.15, 0.2) is 28.8 Å². The van der Waals surface area contributed by atoms with Crippen molar-refractivity contribution in [2.24, 2.45) is 5.73 Å². The van der Waals surface area contributed by atoms with Crippen LogP contribution in [0.4, 0.5) is 4.79 Å². The molecule has 3 amide bonds. The van der Waals surface area contributed by atoms with Gasteiger partial charge in [-0.1, -0.05) is 6.07 Å². The number of thioether (sulfide) groups is 1. The Morgan fingerprint density at radius 2 is 2.32 bits per heavy atom. The highest BCUT2D eigenvalue weighted by Gasteiger charge is 2.66. The number of nitrogens with zero attached hydrogens (tertiary/aromatic N) is 1. The number of ether oxygens (including phenoxy) is 2. The first kappa shape index (κ1) is 16.4. The van der Waals surface area contributed by atoms with Crippen LogP contribution in [-0.2, 0) is 30.3 Å². The molecule has 28 heavy (non-hydrogen) atoms. The average Bonchev–Trinajstić information content (AvgIpc) is 3.16. The minimum absolute atomic E-state index is 0.0315. The average molecular weight is 431 g/mol. The molecule has 3 rings (SSSR count). The number of fused-ring (bicyclic) bond motifs is 1. The van der Waals surface area contributed by atoms with Crippen LogP contribution in [0.3, 0.4) is 0 Å². The van der Waals surface area contributed by atoms with Crippen LogP contribution in [0.1, 0.15) is 8.99 Å². The highest BCUT2D eigenvalue weighted by atomic mass is 32.2. The number of methoxy groups -OCH3 is 1. The van der Waals surface area contributed by atoms with Crippen LogP contribution in [0.2, 0.25) is 0 Å². The molecule has 2 aliphatic heterocycles. The minimum Gasteiger partial charge on any atom is -0.477 e. The number of nitrogens with one attached hydrogen (secondary N) is 1. The summed E-state index contributed by atoms with van der Waals surface area (Å²) >= 11 is 2.26. The number of nitrogens with two attached hydrogens (primary N) is 1. The zero-order valence-electron chi connectivity index (χ0n) is 17.2. The third-order valence-corrected chi connectivity index (χ3v) is 6.35. The van der Waals surface area contributed by atoms with Crippen molar-refractivity contribution in [1.82, 2.24) is 10.2 Å². The molecule has 0 aliphatic carbocycles. The lowest BCUT2D eigenvalue weighted by atomic mass is 9.98. The summed E-state index contributed by atoms with van der Waals surface area (Å²) in [6.07, 6.45) is -1.24. The lowest BCUT2D eigenvalue weighted by Gasteiger charge is -2.55. The standard InChI is InChI=1S/C16H17N3O7S2/c1-25-16(18-10(20)5-9-3-2-4-27-9)13(23)19-11(12(21)22)8(6-26-15(17)24)7-28-14(16)19/h2-4,14H,5-7H2,1H3,(H2,17,24)(H,18,20)(H,21,22)/t14-,16+/m1/s1/i1+1D3. The Kier molecular flexibility index (Phi) is 4.57. The smallest absolute Gasteiger partial charge is 0.404 e. The van der Waals surface area contributed by atoms with E-state index in [0.29, 0.717) is 4.88 Å². The van der Waals surface area contributed by atoms with Gasteiger partial charge in [-0.2, -0.15) is 0 Å². The number of amides is 3. The quantitative estimate of drug-likeness (QED) is 0.313. The second kappa shape index (κ2) is 7.81. The molecule has 12 heteroatoms. The van der Waals surface area contributed by atoms with Crippen molar-refractivity contribution in [3.05, 3.63) is 33.7 Å². The number of hydrogen-bond acceptors (Lipinski definition) is 8. The first-order valence-corrected chi connectivity index (χ1v) is 9.74. The Morgan fingerprint density at radius 1 is 1.54 bits per heavy atom. The van der Waals surface area contributed by atoms with Gasteiger partial charge in [0.05, 0.1) is 10.5 Å². The summed E-state index contributed by atoms with van der Waals surface area (Å²) in [7, 11) is -3.05. The topological polar surface area (TPSA) is 148 Å². The van der Waals surface area contributed by atoms with Gasteiger partial charge in [0, 0.05) is 23.2 Å². The number of thiophene rings is 1. The van der Waals surface area contributed by atoms with Gasteiger partial charge in [0.15, 0.2) is 0 Å². The van der Waals surface area contributed by atoms with Gasteiger partial charge < -0.3 is 25.6 Å². The van der Waals surface area contributed by atoms with Gasteiger partial charge in [-0.3, -0.25) is 14.5 Å². The molecule has 150 valence electrons. The molecule has 1 aromatic rings. The molecule has 10 nitrogen and oxygen atoms in total. The van der Waals surface area contributed by atoms with Crippen LogP contribution in [0.5, 0.6) is 0 Å². The fourth-order valence-corrected chi connectivity index (χ4v) is 4.99. The van der Waals surface area contributed by atoms with Gasteiger partial charge in [0.2, 0.25) is 5.91 Å². The number of carbonyl (C=O) groups is 4. The molecular formula is C16H17N3O7S2. The van der Waals surface area contributed by atoms with E-state index in [-0.39, 0.29) is 17.7 Å². The van der Waals surface area contributed by atoms with E-state index >= 15 is 0 Å². The maximum absolute atomic E-state index is 13.0. The Hall–Kier alpha value is -2.57. The van der Waals surface area contributed by atoms with Crippen LogP contribution < -0.4 is 11.1 Å². The van der Waals surface area contributed by atoms with Gasteiger partial charge in [-0.05, 0) is 11.4 Å². The van der Waals surface area contributed by atoms with E-state index in [4.69, 9.17) is 14.6 Å². The molecule has 4 N–H and O–H groups in total. The fourth-order valence-electron chi connectivity index (χ4n) is 2.92. The summed E-state index contributed by atoms with van der Waals surface area (Å²) in [5, 5.41) is 12.5. The molecule has 1 saturated heterocycles. The highest BCUT2D eigenvalue weighted by Crippen LogP contribution is 2.46. The number of β-lactam (4-membered cyclic amide) rings is 1. The molecule has 0 saturated carbocycles. The number of carboxylic acids is 1. The van der Waals surface area contributed by atoms with Crippen molar-refractivity contribution in [1.29, 1.82) is 0 Å². The maximum atomic E-state index is 13.0. The van der Waals surface area contributed by atoms with E-state index in [1.807, 2.05) is 0 Å². The molecule has 0 unspecified atom stereocenters. The molecule has 3 heterocycles. The van der Waals surface area contributed by atoms with E-state index in [1.54, 1.807) is 17.5 Å². The molecular weight excluding hydrogens is 411 g/mol. The van der Waals surface area contributed by atoms with Crippen LogP contribution in [0.25, 0.3) is 0 Å². The van der Waals surface area contributed by atoms with Gasteiger partial charge in [0.1, 0.15) is 17.7 Å². The molecule has 0 aromatic carbocycles. The van der Waals surface area contributed by atoms with E-state index < -0.39 is 54.3 Å². The second-order valence-electron chi connectivity index (χ2n) is 5.85. The summed E-state index contributed by atoms with van der Waals surface area (Å²) < 4.78 is 32.0. The van der Waals surface area contributed by atoms with Crippen LogP contribution in [-0.4, -0.2) is 64.4 Å². The molecule has 2 atom stereocenters. The molecule has 2 aliphatic rings. The van der Waals surface area contributed by atoms with Gasteiger partial charge in [0.25, 0.3) is 11.6 Å². The second-order valence-corrected chi connectivity index (χ2v) is 7.95. The molecule has 1 fully saturated rings. The number of hydrogen-bond donors (Lipinski definition) is 3. The lowest BCUT2D eigenvalue weighted by molar-refractivity contribution is -0.192. The first-order valence-electron chi connectivity index (χ1n) is 9.31. The number of carbonyl (C=O) groups excluding carboxylic acids is 3. The third kappa shape index (κ3) is 3.45. The number of aliphatic carboxylic acids is 1.